The smallest absolute Gasteiger partial charge is 0.339 e. The summed E-state index contributed by atoms with van der Waals surface area (Å²) >= 11 is 0. The number of unbranched alkanes of at least 4 members (excludes halogenated alkanes) is 1. The fraction of sp³-hybridized carbons (Fsp3) is 0.273. The van der Waals surface area contributed by atoms with Gasteiger partial charge in [0, 0.05) is 12.1 Å². The molecule has 0 spiro atoms. The molecule has 7 heteroatoms. The Bertz CT molecular complexity index is 967. The number of para-hydroxylation sites is 1. The standard InChI is InChI=1S/C22H24N4O3/c1-3-4-14-26-21(23-24-25-26)16-29-22(27)19(17-10-6-5-7-11-17)15-18-12-8-9-13-20(18)28-2/h5-13,15H,3-4,14,16H2,1-2H3/b19-15+. The SMILES string of the molecule is CCCCn1nnnc1COC(=O)/C(=C/c1ccccc1OC)c1ccccc1. The van der Waals surface area contributed by atoms with Crippen molar-refractivity contribution in [3.8, 4) is 5.75 Å². The van der Waals surface area contributed by atoms with Crippen molar-refractivity contribution in [2.45, 2.75) is 32.9 Å². The zero-order valence-corrected chi connectivity index (χ0v) is 16.6. The lowest BCUT2D eigenvalue weighted by Crippen LogP contribution is -2.12. The molecule has 0 aliphatic carbocycles. The number of methoxy groups -OCH3 is 1. The van der Waals surface area contributed by atoms with Gasteiger partial charge in [-0.05, 0) is 34.6 Å². The Morgan fingerprint density at radius 3 is 2.62 bits per heavy atom. The van der Waals surface area contributed by atoms with Crippen LogP contribution in [0.15, 0.2) is 54.6 Å². The van der Waals surface area contributed by atoms with Crippen molar-refractivity contribution in [2.75, 3.05) is 7.11 Å². The first-order valence-electron chi connectivity index (χ1n) is 9.55. The molecule has 3 rings (SSSR count). The molecule has 150 valence electrons. The lowest BCUT2D eigenvalue weighted by atomic mass is 10.0. The van der Waals surface area contributed by atoms with Gasteiger partial charge in [-0.3, -0.25) is 0 Å². The van der Waals surface area contributed by atoms with Gasteiger partial charge in [-0.25, -0.2) is 9.48 Å². The molecule has 1 aromatic heterocycles. The van der Waals surface area contributed by atoms with E-state index in [9.17, 15) is 4.79 Å². The summed E-state index contributed by atoms with van der Waals surface area (Å²) < 4.78 is 12.6. The molecule has 3 aromatic rings. The number of hydrogen-bond donors (Lipinski definition) is 0. The molecule has 0 atom stereocenters. The minimum atomic E-state index is -0.452. The molecule has 29 heavy (non-hydrogen) atoms. The molecule has 2 aromatic carbocycles. The van der Waals surface area contributed by atoms with Gasteiger partial charge in [-0.15, -0.1) is 5.10 Å². The van der Waals surface area contributed by atoms with Crippen LogP contribution in [-0.2, 0) is 22.7 Å². The van der Waals surface area contributed by atoms with Crippen molar-refractivity contribution in [1.29, 1.82) is 0 Å². The molecule has 0 fully saturated rings. The van der Waals surface area contributed by atoms with Crippen molar-refractivity contribution in [2.24, 2.45) is 0 Å². The summed E-state index contributed by atoms with van der Waals surface area (Å²) in [7, 11) is 1.60. The lowest BCUT2D eigenvalue weighted by Gasteiger charge is -2.11. The second-order valence-electron chi connectivity index (χ2n) is 6.41. The van der Waals surface area contributed by atoms with Crippen LogP contribution >= 0.6 is 0 Å². The van der Waals surface area contributed by atoms with Crippen LogP contribution in [0.4, 0.5) is 0 Å². The van der Waals surface area contributed by atoms with Gasteiger partial charge >= 0.3 is 5.97 Å². The van der Waals surface area contributed by atoms with E-state index in [1.54, 1.807) is 17.9 Å². The first kappa shape index (κ1) is 20.3. The number of aromatic nitrogens is 4. The average molecular weight is 392 g/mol. The van der Waals surface area contributed by atoms with Crippen molar-refractivity contribution < 1.29 is 14.3 Å². The fourth-order valence-electron chi connectivity index (χ4n) is 2.84. The normalized spacial score (nSPS) is 11.3. The van der Waals surface area contributed by atoms with E-state index in [-0.39, 0.29) is 6.61 Å². The quantitative estimate of drug-likeness (QED) is 0.313. The number of carbonyl (C=O) groups is 1. The van der Waals surface area contributed by atoms with Gasteiger partial charge in [-0.2, -0.15) is 0 Å². The van der Waals surface area contributed by atoms with Crippen molar-refractivity contribution in [1.82, 2.24) is 20.2 Å². The predicted molar refractivity (Wildman–Crippen MR) is 110 cm³/mol. The molecule has 0 amide bonds. The highest BCUT2D eigenvalue weighted by Gasteiger charge is 2.17. The van der Waals surface area contributed by atoms with Crippen LogP contribution in [0.3, 0.4) is 0 Å². The summed E-state index contributed by atoms with van der Waals surface area (Å²) in [5, 5.41) is 11.6. The molecule has 0 saturated heterocycles. The summed E-state index contributed by atoms with van der Waals surface area (Å²) in [6.45, 7) is 2.80. The molecule has 0 bridgehead atoms. The first-order valence-corrected chi connectivity index (χ1v) is 9.55. The Balaban J connectivity index is 1.84. The molecular formula is C22H24N4O3. The third-order valence-corrected chi connectivity index (χ3v) is 4.41. The van der Waals surface area contributed by atoms with Crippen LogP contribution in [0.1, 0.15) is 36.7 Å². The summed E-state index contributed by atoms with van der Waals surface area (Å²) in [4.78, 5) is 13.0. The van der Waals surface area contributed by atoms with Gasteiger partial charge < -0.3 is 9.47 Å². The second kappa shape index (κ2) is 10.2. The highest BCUT2D eigenvalue weighted by Crippen LogP contribution is 2.25. The minimum absolute atomic E-state index is 0.00560. The monoisotopic (exact) mass is 392 g/mol. The van der Waals surface area contributed by atoms with Gasteiger partial charge in [0.25, 0.3) is 0 Å². The molecule has 0 aliphatic rings. The van der Waals surface area contributed by atoms with Gasteiger partial charge in [0.05, 0.1) is 12.7 Å². The third kappa shape index (κ3) is 5.28. The van der Waals surface area contributed by atoms with Crippen LogP contribution in [0.25, 0.3) is 11.6 Å². The summed E-state index contributed by atoms with van der Waals surface area (Å²) in [5.74, 6) is 0.751. The van der Waals surface area contributed by atoms with E-state index in [2.05, 4.69) is 22.4 Å². The number of esters is 1. The number of nitrogens with zero attached hydrogens (tertiary/aromatic N) is 4. The second-order valence-corrected chi connectivity index (χ2v) is 6.41. The largest absolute Gasteiger partial charge is 0.496 e. The van der Waals surface area contributed by atoms with Crippen LogP contribution in [0.2, 0.25) is 0 Å². The van der Waals surface area contributed by atoms with E-state index in [4.69, 9.17) is 9.47 Å². The topological polar surface area (TPSA) is 79.1 Å². The van der Waals surface area contributed by atoms with E-state index in [1.807, 2.05) is 54.6 Å². The number of aryl methyl sites for hydroxylation is 1. The van der Waals surface area contributed by atoms with E-state index >= 15 is 0 Å². The number of tetrazole rings is 1. The fourth-order valence-corrected chi connectivity index (χ4v) is 2.84. The molecule has 7 nitrogen and oxygen atoms in total. The van der Waals surface area contributed by atoms with Crippen LogP contribution in [0.5, 0.6) is 5.75 Å². The number of rotatable bonds is 9. The maximum absolute atomic E-state index is 13.0. The van der Waals surface area contributed by atoms with Crippen LogP contribution in [0, 0.1) is 0 Å². The van der Waals surface area contributed by atoms with Crippen molar-refractivity contribution >= 4 is 17.6 Å². The number of ether oxygens (including phenoxy) is 2. The number of hydrogen-bond acceptors (Lipinski definition) is 6. The molecule has 0 unspecified atom stereocenters. The number of benzene rings is 2. The Morgan fingerprint density at radius 1 is 1.10 bits per heavy atom. The average Bonchev–Trinajstić information content (AvgIpc) is 3.22. The Morgan fingerprint density at radius 2 is 1.86 bits per heavy atom. The molecule has 0 aliphatic heterocycles. The van der Waals surface area contributed by atoms with E-state index < -0.39 is 5.97 Å². The highest BCUT2D eigenvalue weighted by atomic mass is 16.5. The molecule has 1 heterocycles. The van der Waals surface area contributed by atoms with Crippen LogP contribution in [-0.4, -0.2) is 33.3 Å². The van der Waals surface area contributed by atoms with Gasteiger partial charge in [-0.1, -0.05) is 61.9 Å². The zero-order chi connectivity index (χ0) is 20.5. The maximum atomic E-state index is 13.0. The zero-order valence-electron chi connectivity index (χ0n) is 16.6. The minimum Gasteiger partial charge on any atom is -0.496 e. The molecule has 0 N–H and O–H groups in total. The molecular weight excluding hydrogens is 368 g/mol. The molecule has 0 saturated carbocycles. The Kier molecular flexibility index (Phi) is 7.10. The molecule has 0 radical (unpaired) electrons. The van der Waals surface area contributed by atoms with Gasteiger partial charge in [0.1, 0.15) is 5.75 Å². The van der Waals surface area contributed by atoms with Crippen molar-refractivity contribution in [3.63, 3.8) is 0 Å². The van der Waals surface area contributed by atoms with Crippen molar-refractivity contribution in [3.05, 3.63) is 71.5 Å². The maximum Gasteiger partial charge on any atom is 0.339 e. The van der Waals surface area contributed by atoms with Gasteiger partial charge in [0.2, 0.25) is 0 Å². The lowest BCUT2D eigenvalue weighted by molar-refractivity contribution is -0.138. The van der Waals surface area contributed by atoms with E-state index in [0.717, 1.165) is 24.0 Å². The summed E-state index contributed by atoms with van der Waals surface area (Å²) in [6, 6.07) is 16.9. The van der Waals surface area contributed by atoms with Crippen LogP contribution < -0.4 is 4.74 Å². The summed E-state index contributed by atoms with van der Waals surface area (Å²) in [6.07, 6.45) is 3.75. The first-order chi connectivity index (χ1) is 14.2. The highest BCUT2D eigenvalue weighted by molar-refractivity contribution is 6.21. The summed E-state index contributed by atoms with van der Waals surface area (Å²) in [5.41, 5.74) is 1.98. The predicted octanol–water partition coefficient (Wildman–Crippen LogP) is 3.77. The Labute approximate surface area is 170 Å². The van der Waals surface area contributed by atoms with E-state index in [1.165, 1.54) is 0 Å². The van der Waals surface area contributed by atoms with Gasteiger partial charge in [0.15, 0.2) is 12.4 Å². The third-order valence-electron chi connectivity index (χ3n) is 4.41. The Hall–Kier alpha value is -3.48. The number of carbonyl (C=O) groups excluding carboxylic acids is 1. The van der Waals surface area contributed by atoms with E-state index in [0.29, 0.717) is 23.7 Å².